The van der Waals surface area contributed by atoms with E-state index in [2.05, 4.69) is 42.2 Å². The van der Waals surface area contributed by atoms with Crippen LogP contribution in [-0.2, 0) is 79.9 Å². The first-order valence-corrected chi connectivity index (χ1v) is 21.2. The summed E-state index contributed by atoms with van der Waals surface area (Å²) in [5.74, 6) is -12.2. The Morgan fingerprint density at radius 3 is 1.66 bits per heavy atom. The molecule has 0 aliphatic carbocycles. The zero-order valence-corrected chi connectivity index (χ0v) is 37.5. The van der Waals surface area contributed by atoms with Crippen molar-refractivity contribution in [2.75, 3.05) is 66.1 Å². The normalized spacial score (nSPS) is 13.3. The van der Waals surface area contributed by atoms with Gasteiger partial charge in [0.1, 0.15) is 36.8 Å². The Morgan fingerprint density at radius 2 is 1.12 bits per heavy atom. The second-order valence-electron chi connectivity index (χ2n) is 14.9. The van der Waals surface area contributed by atoms with Crippen molar-refractivity contribution in [2.24, 2.45) is 5.92 Å². The van der Waals surface area contributed by atoms with E-state index in [9.17, 15) is 67.7 Å². The van der Waals surface area contributed by atoms with Gasteiger partial charge in [-0.2, -0.15) is 0 Å². The topological polar surface area (TPSA) is 391 Å². The van der Waals surface area contributed by atoms with Gasteiger partial charge in [-0.05, 0) is 32.1 Å². The summed E-state index contributed by atoms with van der Waals surface area (Å²) >= 11 is 0. The molecule has 0 aliphatic rings. The van der Waals surface area contributed by atoms with Gasteiger partial charge in [0, 0.05) is 19.2 Å². The fourth-order valence-electron chi connectivity index (χ4n) is 5.49. The molecule has 27 nitrogen and oxygen atoms in total. The lowest BCUT2D eigenvalue weighted by atomic mass is 10.0. The van der Waals surface area contributed by atoms with Crippen LogP contribution in [0.15, 0.2) is 6.20 Å². The molecule has 0 aromatic carbocycles. The molecule has 0 fully saturated rings. The zero-order valence-electron chi connectivity index (χ0n) is 37.5. The third-order valence-electron chi connectivity index (χ3n) is 8.90. The number of aliphatic carboxylic acids is 4. The Balaban J connectivity index is 2.81. The molecule has 1 rings (SSSR count). The van der Waals surface area contributed by atoms with Crippen LogP contribution in [-0.4, -0.2) is 191 Å². The summed E-state index contributed by atoms with van der Waals surface area (Å²) in [5, 5.41) is 58.2. The van der Waals surface area contributed by atoms with Crippen molar-refractivity contribution >= 4 is 59.3 Å². The number of amides is 6. The molecular weight excluding hydrogens is 901 g/mol. The number of aromatic nitrogens is 3. The number of carboxylic acids is 4. The third-order valence-corrected chi connectivity index (χ3v) is 8.90. The first kappa shape index (κ1) is 58.6. The maximum atomic E-state index is 13.6. The smallest absolute Gasteiger partial charge is 0.305 e. The summed E-state index contributed by atoms with van der Waals surface area (Å²) in [6, 6.07) is -8.05. The quantitative estimate of drug-likeness (QED) is 0.0291. The summed E-state index contributed by atoms with van der Waals surface area (Å²) in [4.78, 5) is 124. The van der Waals surface area contributed by atoms with Crippen LogP contribution < -0.4 is 31.9 Å². The van der Waals surface area contributed by atoms with Gasteiger partial charge < -0.3 is 71.3 Å². The second kappa shape index (κ2) is 33.1. The minimum Gasteiger partial charge on any atom is -0.481 e. The molecule has 1 aromatic rings. The number of aryl methyl sites for hydroxylation is 1. The maximum absolute atomic E-state index is 13.6. The van der Waals surface area contributed by atoms with E-state index in [-0.39, 0.29) is 78.7 Å². The predicted octanol–water partition coefficient (Wildman–Crippen LogP) is -3.25. The highest BCUT2D eigenvalue weighted by atomic mass is 19.1. The van der Waals surface area contributed by atoms with E-state index < -0.39 is 134 Å². The summed E-state index contributed by atoms with van der Waals surface area (Å²) < 4.78 is 34.7. The highest BCUT2D eigenvalue weighted by Crippen LogP contribution is 2.08. The molecule has 1 aromatic heterocycles. The summed E-state index contributed by atoms with van der Waals surface area (Å²) in [7, 11) is 0. The zero-order chi connectivity index (χ0) is 50.3. The molecule has 28 heteroatoms. The lowest BCUT2D eigenvalue weighted by Gasteiger charge is -2.28. The number of hydrogen-bond donors (Lipinski definition) is 10. The maximum Gasteiger partial charge on any atom is 0.305 e. The molecule has 0 radical (unpaired) electrons. The Labute approximate surface area is 383 Å². The lowest BCUT2D eigenvalue weighted by molar-refractivity contribution is -0.142. The minimum atomic E-state index is -1.79. The molecule has 0 saturated heterocycles. The van der Waals surface area contributed by atoms with Crippen molar-refractivity contribution in [1.82, 2.24) is 46.9 Å². The Morgan fingerprint density at radius 1 is 0.612 bits per heavy atom. The second-order valence-corrected chi connectivity index (χ2v) is 14.9. The molecule has 1 heterocycles. The van der Waals surface area contributed by atoms with E-state index in [0.29, 0.717) is 5.69 Å². The van der Waals surface area contributed by atoms with Gasteiger partial charge in [0.15, 0.2) is 0 Å². The molecule has 0 spiro atoms. The van der Waals surface area contributed by atoms with Gasteiger partial charge in [-0.15, -0.1) is 5.10 Å². The van der Waals surface area contributed by atoms with Gasteiger partial charge in [-0.3, -0.25) is 52.3 Å². The SMILES string of the molecule is CC(C)[C@H](NC(=O)[C@H](CCC(=O)O)NC(=O)[C@H](CC(=O)O)NC(=O)Cn1cc(CCCF)nn1)C(=O)N[C@@H](CC(=O)O)C(=O)N[C@@H](C)C(=O)NCCOCCOCCOCCOCCC(=O)O. The van der Waals surface area contributed by atoms with Crippen LogP contribution in [0.2, 0.25) is 0 Å². The number of ether oxygens (including phenoxy) is 4. The van der Waals surface area contributed by atoms with Crippen molar-refractivity contribution < 1.29 is 91.7 Å². The van der Waals surface area contributed by atoms with Gasteiger partial charge in [0.05, 0.1) is 84.5 Å². The first-order chi connectivity index (χ1) is 31.7. The van der Waals surface area contributed by atoms with Crippen LogP contribution in [0.3, 0.4) is 0 Å². The Bertz CT molecular complexity index is 1780. The van der Waals surface area contributed by atoms with E-state index in [1.54, 1.807) is 0 Å². The molecule has 378 valence electrons. The highest BCUT2D eigenvalue weighted by Gasteiger charge is 2.34. The number of carbonyl (C=O) groups excluding carboxylic acids is 6. The summed E-state index contributed by atoms with van der Waals surface area (Å²) in [6.45, 7) is 4.71. The van der Waals surface area contributed by atoms with Crippen LogP contribution >= 0.6 is 0 Å². The highest BCUT2D eigenvalue weighted by molar-refractivity contribution is 5.98. The number of nitrogens with zero attached hydrogens (tertiary/aromatic N) is 3. The van der Waals surface area contributed by atoms with Crippen molar-refractivity contribution in [3.63, 3.8) is 0 Å². The molecular formula is C39H62FN9O18. The molecule has 0 unspecified atom stereocenters. The van der Waals surface area contributed by atoms with Gasteiger partial charge in [0.2, 0.25) is 35.4 Å². The summed E-state index contributed by atoms with van der Waals surface area (Å²) in [6.07, 6.45) is -1.57. The molecule has 0 saturated carbocycles. The van der Waals surface area contributed by atoms with Gasteiger partial charge in [-0.1, -0.05) is 19.1 Å². The van der Waals surface area contributed by atoms with Crippen LogP contribution in [0.1, 0.15) is 65.0 Å². The van der Waals surface area contributed by atoms with Gasteiger partial charge in [-0.25, -0.2) is 4.68 Å². The molecule has 5 atom stereocenters. The Hall–Kier alpha value is -6.39. The monoisotopic (exact) mass is 963 g/mol. The number of halogens is 1. The molecule has 67 heavy (non-hydrogen) atoms. The van der Waals surface area contributed by atoms with Crippen LogP contribution in [0.5, 0.6) is 0 Å². The fraction of sp³-hybridized carbons (Fsp3) is 0.692. The Kier molecular flexibility index (Phi) is 29.0. The van der Waals surface area contributed by atoms with Crippen LogP contribution in [0, 0.1) is 5.92 Å². The first-order valence-electron chi connectivity index (χ1n) is 21.2. The van der Waals surface area contributed by atoms with Crippen molar-refractivity contribution in [3.8, 4) is 0 Å². The average molecular weight is 964 g/mol. The molecule has 0 bridgehead atoms. The molecule has 10 N–H and O–H groups in total. The number of alkyl halides is 1. The van der Waals surface area contributed by atoms with E-state index in [1.807, 2.05) is 0 Å². The van der Waals surface area contributed by atoms with E-state index in [1.165, 1.54) is 27.0 Å². The predicted molar refractivity (Wildman–Crippen MR) is 224 cm³/mol. The van der Waals surface area contributed by atoms with E-state index >= 15 is 0 Å². The van der Waals surface area contributed by atoms with Gasteiger partial charge in [0.25, 0.3) is 0 Å². The van der Waals surface area contributed by atoms with Crippen molar-refractivity contribution in [2.45, 2.75) is 102 Å². The van der Waals surface area contributed by atoms with Crippen LogP contribution in [0.4, 0.5) is 4.39 Å². The number of nitrogens with one attached hydrogen (secondary N) is 6. The minimum absolute atomic E-state index is 0.0207. The fourth-order valence-corrected chi connectivity index (χ4v) is 5.49. The van der Waals surface area contributed by atoms with E-state index in [0.717, 1.165) is 4.68 Å². The van der Waals surface area contributed by atoms with Crippen molar-refractivity contribution in [3.05, 3.63) is 11.9 Å². The molecule has 0 aliphatic heterocycles. The standard InChI is InChI=1S/C39H62FN9O18/c1-23(2)34(46-36(60)26(6-7-30(51)52)44-38(62)27(19-32(55)56)43-29(50)22-49-21-25(47-48-49)5-4-9-40)39(63)45-28(20-33(57)58)37(61)42-24(3)35(59)41-10-12-65-14-16-67-18-17-66-15-13-64-11-8-31(53)54/h21,23-24,26-28,34H,4-20,22H2,1-3H3,(H,41,59)(H,42,61)(H,43,50)(H,44,62)(H,45,63)(H,46,60)(H,51,52)(H,53,54)(H,55,56)(H,57,58)/t24-,26-,27-,28-,34-/m0/s1. The molecule has 6 amide bonds. The largest absolute Gasteiger partial charge is 0.481 e. The van der Waals surface area contributed by atoms with Crippen LogP contribution in [0.25, 0.3) is 0 Å². The number of hydrogen-bond acceptors (Lipinski definition) is 16. The average Bonchev–Trinajstić information content (AvgIpc) is 3.69. The van der Waals surface area contributed by atoms with Gasteiger partial charge >= 0.3 is 23.9 Å². The van der Waals surface area contributed by atoms with E-state index in [4.69, 9.17) is 24.1 Å². The lowest BCUT2D eigenvalue weighted by Crippen LogP contribution is -2.60. The number of carboxylic acid groups (broad SMARTS) is 4. The summed E-state index contributed by atoms with van der Waals surface area (Å²) in [5.41, 5.74) is 0.373. The third kappa shape index (κ3) is 27.0. The van der Waals surface area contributed by atoms with Crippen molar-refractivity contribution in [1.29, 1.82) is 0 Å². The number of rotatable bonds is 38. The number of carbonyl (C=O) groups is 10.